The smallest absolute Gasteiger partial charge is 0.0991 e. The summed E-state index contributed by atoms with van der Waals surface area (Å²) in [5.41, 5.74) is 4.50. The Morgan fingerprint density at radius 2 is 1.67 bits per heavy atom. The minimum atomic E-state index is 0.208. The van der Waals surface area contributed by atoms with Crippen molar-refractivity contribution in [2.24, 2.45) is 0 Å². The third-order valence-electron chi connectivity index (χ3n) is 3.90. The molecule has 0 spiro atoms. The lowest BCUT2D eigenvalue weighted by atomic mass is 10.0. The molecule has 1 N–H and O–H groups in total. The standard InChI is InChI=1S/C19H22N2/c1-4-16-8-10-18(11-9-16)14(2)21-15(3)19-7-5-6-17(12-19)13-20/h5-12,14-15,21H,4H2,1-3H3. The molecule has 2 heteroatoms. The summed E-state index contributed by atoms with van der Waals surface area (Å²) in [5, 5.41) is 12.6. The predicted octanol–water partition coefficient (Wildman–Crippen LogP) is 4.53. The normalized spacial score (nSPS) is 13.4. The number of nitrogens with one attached hydrogen (secondary N) is 1. The molecule has 0 saturated carbocycles. The van der Waals surface area contributed by atoms with Crippen molar-refractivity contribution in [2.75, 3.05) is 0 Å². The molecule has 0 aromatic heterocycles. The Hall–Kier alpha value is -2.11. The number of aryl methyl sites for hydroxylation is 1. The summed E-state index contributed by atoms with van der Waals surface area (Å²) in [6, 6.07) is 19.2. The second-order valence-electron chi connectivity index (χ2n) is 5.44. The first-order valence-corrected chi connectivity index (χ1v) is 7.49. The zero-order valence-electron chi connectivity index (χ0n) is 12.9. The van der Waals surface area contributed by atoms with Gasteiger partial charge in [0, 0.05) is 12.1 Å². The van der Waals surface area contributed by atoms with Crippen LogP contribution in [0.5, 0.6) is 0 Å². The SMILES string of the molecule is CCc1ccc(C(C)NC(C)c2cccc(C#N)c2)cc1. The van der Waals surface area contributed by atoms with Crippen LogP contribution in [-0.4, -0.2) is 0 Å². The average Bonchev–Trinajstić information content (AvgIpc) is 2.54. The van der Waals surface area contributed by atoms with Gasteiger partial charge in [0.15, 0.2) is 0 Å². The Morgan fingerprint density at radius 3 is 2.29 bits per heavy atom. The highest BCUT2D eigenvalue weighted by Gasteiger charge is 2.11. The van der Waals surface area contributed by atoms with Crippen LogP contribution in [0.15, 0.2) is 48.5 Å². The summed E-state index contributed by atoms with van der Waals surface area (Å²) in [5.74, 6) is 0. The maximum absolute atomic E-state index is 8.98. The predicted molar refractivity (Wildman–Crippen MR) is 86.9 cm³/mol. The Morgan fingerprint density at radius 1 is 1.00 bits per heavy atom. The number of nitrogens with zero attached hydrogens (tertiary/aromatic N) is 1. The molecular weight excluding hydrogens is 256 g/mol. The summed E-state index contributed by atoms with van der Waals surface area (Å²) in [6.45, 7) is 6.47. The maximum Gasteiger partial charge on any atom is 0.0991 e. The van der Waals surface area contributed by atoms with Gasteiger partial charge in [-0.1, -0.05) is 43.3 Å². The fourth-order valence-electron chi connectivity index (χ4n) is 2.49. The van der Waals surface area contributed by atoms with Gasteiger partial charge in [-0.25, -0.2) is 0 Å². The van der Waals surface area contributed by atoms with Gasteiger partial charge in [0.25, 0.3) is 0 Å². The molecule has 0 heterocycles. The fourth-order valence-corrected chi connectivity index (χ4v) is 2.49. The van der Waals surface area contributed by atoms with Gasteiger partial charge in [-0.2, -0.15) is 5.26 Å². The van der Waals surface area contributed by atoms with Crippen molar-refractivity contribution in [1.29, 1.82) is 5.26 Å². The molecule has 108 valence electrons. The highest BCUT2D eigenvalue weighted by atomic mass is 14.9. The molecular formula is C19H22N2. The van der Waals surface area contributed by atoms with E-state index >= 15 is 0 Å². The van der Waals surface area contributed by atoms with Crippen LogP contribution in [0.25, 0.3) is 0 Å². The molecule has 2 aromatic rings. The summed E-state index contributed by atoms with van der Waals surface area (Å²) in [6.07, 6.45) is 1.07. The molecule has 0 aliphatic carbocycles. The van der Waals surface area contributed by atoms with E-state index in [2.05, 4.69) is 62.5 Å². The van der Waals surface area contributed by atoms with Gasteiger partial charge in [0.05, 0.1) is 11.6 Å². The van der Waals surface area contributed by atoms with E-state index in [-0.39, 0.29) is 12.1 Å². The lowest BCUT2D eigenvalue weighted by Gasteiger charge is -2.21. The van der Waals surface area contributed by atoms with Gasteiger partial charge >= 0.3 is 0 Å². The van der Waals surface area contributed by atoms with Crippen molar-refractivity contribution in [3.63, 3.8) is 0 Å². The zero-order valence-corrected chi connectivity index (χ0v) is 12.9. The third kappa shape index (κ3) is 3.93. The summed E-state index contributed by atoms with van der Waals surface area (Å²) in [7, 11) is 0. The van der Waals surface area contributed by atoms with E-state index in [0.29, 0.717) is 5.56 Å². The Labute approximate surface area is 127 Å². The van der Waals surface area contributed by atoms with Crippen LogP contribution in [0, 0.1) is 11.3 Å². The fraction of sp³-hybridized carbons (Fsp3) is 0.316. The molecule has 2 unspecified atom stereocenters. The second kappa shape index (κ2) is 7.06. The molecule has 0 radical (unpaired) electrons. The van der Waals surface area contributed by atoms with Gasteiger partial charge < -0.3 is 5.32 Å². The van der Waals surface area contributed by atoms with Crippen molar-refractivity contribution in [3.8, 4) is 6.07 Å². The van der Waals surface area contributed by atoms with Crippen LogP contribution < -0.4 is 5.32 Å². The van der Waals surface area contributed by atoms with Crippen LogP contribution in [0.2, 0.25) is 0 Å². The van der Waals surface area contributed by atoms with Crippen molar-refractivity contribution in [3.05, 3.63) is 70.8 Å². The highest BCUT2D eigenvalue weighted by molar-refractivity contribution is 5.34. The van der Waals surface area contributed by atoms with Crippen LogP contribution >= 0.6 is 0 Å². The molecule has 2 nitrogen and oxygen atoms in total. The van der Waals surface area contributed by atoms with Crippen LogP contribution in [-0.2, 0) is 6.42 Å². The van der Waals surface area contributed by atoms with E-state index in [1.54, 1.807) is 0 Å². The van der Waals surface area contributed by atoms with Gasteiger partial charge in [0.2, 0.25) is 0 Å². The summed E-state index contributed by atoms with van der Waals surface area (Å²) >= 11 is 0. The maximum atomic E-state index is 8.98. The Kier molecular flexibility index (Phi) is 5.14. The van der Waals surface area contributed by atoms with Gasteiger partial charge in [-0.05, 0) is 49.1 Å². The monoisotopic (exact) mass is 278 g/mol. The molecule has 0 amide bonds. The van der Waals surface area contributed by atoms with Crippen LogP contribution in [0.3, 0.4) is 0 Å². The van der Waals surface area contributed by atoms with Gasteiger partial charge in [-0.15, -0.1) is 0 Å². The van der Waals surface area contributed by atoms with Gasteiger partial charge in [0.1, 0.15) is 0 Å². The lowest BCUT2D eigenvalue weighted by Crippen LogP contribution is -2.22. The average molecular weight is 278 g/mol. The number of rotatable bonds is 5. The molecule has 2 aromatic carbocycles. The first-order valence-electron chi connectivity index (χ1n) is 7.49. The number of hydrogen-bond donors (Lipinski definition) is 1. The number of nitriles is 1. The second-order valence-corrected chi connectivity index (χ2v) is 5.44. The minimum absolute atomic E-state index is 0.208. The minimum Gasteiger partial charge on any atom is -0.304 e. The third-order valence-corrected chi connectivity index (χ3v) is 3.90. The molecule has 0 fully saturated rings. The van der Waals surface area contributed by atoms with E-state index in [1.807, 2.05) is 18.2 Å². The van der Waals surface area contributed by atoms with E-state index < -0.39 is 0 Å². The molecule has 0 aliphatic heterocycles. The molecule has 0 bridgehead atoms. The van der Waals surface area contributed by atoms with E-state index in [4.69, 9.17) is 5.26 Å². The van der Waals surface area contributed by atoms with Crippen molar-refractivity contribution >= 4 is 0 Å². The van der Waals surface area contributed by atoms with Gasteiger partial charge in [-0.3, -0.25) is 0 Å². The molecule has 21 heavy (non-hydrogen) atoms. The van der Waals surface area contributed by atoms with Crippen molar-refractivity contribution in [2.45, 2.75) is 39.3 Å². The van der Waals surface area contributed by atoms with Crippen molar-refractivity contribution < 1.29 is 0 Å². The largest absolute Gasteiger partial charge is 0.304 e. The van der Waals surface area contributed by atoms with E-state index in [0.717, 1.165) is 12.0 Å². The van der Waals surface area contributed by atoms with Crippen LogP contribution in [0.4, 0.5) is 0 Å². The Balaban J connectivity index is 2.07. The summed E-state index contributed by atoms with van der Waals surface area (Å²) < 4.78 is 0. The Bertz CT molecular complexity index is 623. The summed E-state index contributed by atoms with van der Waals surface area (Å²) in [4.78, 5) is 0. The molecule has 2 rings (SSSR count). The first-order chi connectivity index (χ1) is 10.1. The molecule has 0 aliphatic rings. The number of benzene rings is 2. The lowest BCUT2D eigenvalue weighted by molar-refractivity contribution is 0.494. The first kappa shape index (κ1) is 15.3. The van der Waals surface area contributed by atoms with Crippen molar-refractivity contribution in [1.82, 2.24) is 5.32 Å². The zero-order chi connectivity index (χ0) is 15.2. The highest BCUT2D eigenvalue weighted by Crippen LogP contribution is 2.20. The topological polar surface area (TPSA) is 35.8 Å². The van der Waals surface area contributed by atoms with Crippen LogP contribution in [0.1, 0.15) is 55.1 Å². The molecule has 0 saturated heterocycles. The van der Waals surface area contributed by atoms with E-state index in [1.165, 1.54) is 11.1 Å². The molecule has 2 atom stereocenters. The number of hydrogen-bond acceptors (Lipinski definition) is 2. The van der Waals surface area contributed by atoms with E-state index in [9.17, 15) is 0 Å². The quantitative estimate of drug-likeness (QED) is 0.872.